The molecule has 28 heavy (non-hydrogen) atoms. The van der Waals surface area contributed by atoms with Gasteiger partial charge in [0, 0.05) is 31.1 Å². The molecule has 3 rings (SSSR count). The van der Waals surface area contributed by atoms with E-state index in [1.807, 2.05) is 47.4 Å². The molecule has 0 bridgehead atoms. The standard InChI is InChI=1S/C25H28N2O/c1-2-3-18-27(25(28)17-16-22-11-6-4-7-12-22)21-24-15-10-19-26(24)20-23-13-8-5-9-14-23/h4-17,19H,2-3,18,20-21H2,1H3. The van der Waals surface area contributed by atoms with Crippen molar-refractivity contribution >= 4 is 12.0 Å². The fourth-order valence-corrected chi connectivity index (χ4v) is 3.18. The van der Waals surface area contributed by atoms with Crippen molar-refractivity contribution in [1.29, 1.82) is 0 Å². The van der Waals surface area contributed by atoms with Crippen LogP contribution in [0.5, 0.6) is 0 Å². The average molecular weight is 373 g/mol. The highest BCUT2D eigenvalue weighted by molar-refractivity contribution is 5.91. The number of hydrogen-bond acceptors (Lipinski definition) is 1. The molecule has 2 aromatic carbocycles. The molecule has 0 atom stereocenters. The fraction of sp³-hybridized carbons (Fsp3) is 0.240. The molecular formula is C25H28N2O. The zero-order valence-corrected chi connectivity index (χ0v) is 16.5. The Morgan fingerprint density at radius 3 is 2.39 bits per heavy atom. The summed E-state index contributed by atoms with van der Waals surface area (Å²) < 4.78 is 2.22. The van der Waals surface area contributed by atoms with Crippen LogP contribution in [-0.2, 0) is 17.9 Å². The van der Waals surface area contributed by atoms with Gasteiger partial charge in [0.25, 0.3) is 0 Å². The molecule has 3 heteroatoms. The van der Waals surface area contributed by atoms with Crippen LogP contribution in [0, 0.1) is 0 Å². The Morgan fingerprint density at radius 1 is 0.964 bits per heavy atom. The third kappa shape index (κ3) is 5.71. The lowest BCUT2D eigenvalue weighted by molar-refractivity contribution is -0.126. The van der Waals surface area contributed by atoms with Crippen molar-refractivity contribution in [2.75, 3.05) is 6.54 Å². The number of amides is 1. The summed E-state index contributed by atoms with van der Waals surface area (Å²) in [5.41, 5.74) is 3.45. The molecule has 1 aromatic heterocycles. The van der Waals surface area contributed by atoms with E-state index in [1.165, 1.54) is 5.56 Å². The van der Waals surface area contributed by atoms with Crippen molar-refractivity contribution in [3.8, 4) is 0 Å². The third-order valence-electron chi connectivity index (χ3n) is 4.78. The number of carbonyl (C=O) groups is 1. The first kappa shape index (κ1) is 19.7. The number of carbonyl (C=O) groups excluding carboxylic acids is 1. The van der Waals surface area contributed by atoms with Crippen LogP contribution >= 0.6 is 0 Å². The van der Waals surface area contributed by atoms with Crippen molar-refractivity contribution in [3.05, 3.63) is 102 Å². The molecule has 0 saturated heterocycles. The molecule has 0 saturated carbocycles. The van der Waals surface area contributed by atoms with Crippen molar-refractivity contribution in [1.82, 2.24) is 9.47 Å². The Balaban J connectivity index is 1.71. The van der Waals surface area contributed by atoms with Crippen LogP contribution in [0.25, 0.3) is 6.08 Å². The van der Waals surface area contributed by atoms with Crippen LogP contribution in [0.15, 0.2) is 85.1 Å². The summed E-state index contributed by atoms with van der Waals surface area (Å²) in [6.07, 6.45) is 7.74. The van der Waals surface area contributed by atoms with Gasteiger partial charge in [-0.3, -0.25) is 4.79 Å². The SMILES string of the molecule is CCCCN(Cc1cccn1Cc1ccccc1)C(=O)C=Cc1ccccc1. The van der Waals surface area contributed by atoms with E-state index in [9.17, 15) is 4.79 Å². The Morgan fingerprint density at radius 2 is 1.68 bits per heavy atom. The lowest BCUT2D eigenvalue weighted by Crippen LogP contribution is -2.31. The first-order chi connectivity index (χ1) is 13.8. The molecule has 0 aliphatic rings. The highest BCUT2D eigenvalue weighted by Gasteiger charge is 2.13. The second-order valence-electron chi connectivity index (χ2n) is 6.97. The monoisotopic (exact) mass is 372 g/mol. The van der Waals surface area contributed by atoms with E-state index >= 15 is 0 Å². The Hall–Kier alpha value is -3.07. The molecular weight excluding hydrogens is 344 g/mol. The van der Waals surface area contributed by atoms with Crippen LogP contribution < -0.4 is 0 Å². The van der Waals surface area contributed by atoms with Crippen molar-refractivity contribution in [2.45, 2.75) is 32.9 Å². The fourth-order valence-electron chi connectivity index (χ4n) is 3.18. The van der Waals surface area contributed by atoms with Crippen molar-refractivity contribution in [3.63, 3.8) is 0 Å². The largest absolute Gasteiger partial charge is 0.345 e. The average Bonchev–Trinajstić information content (AvgIpc) is 3.17. The first-order valence-electron chi connectivity index (χ1n) is 9.96. The summed E-state index contributed by atoms with van der Waals surface area (Å²) in [6.45, 7) is 4.36. The molecule has 0 fully saturated rings. The number of aromatic nitrogens is 1. The van der Waals surface area contributed by atoms with Gasteiger partial charge in [0.05, 0.1) is 6.54 Å². The zero-order chi connectivity index (χ0) is 19.6. The number of hydrogen-bond donors (Lipinski definition) is 0. The minimum atomic E-state index is 0.0600. The first-order valence-corrected chi connectivity index (χ1v) is 9.96. The lowest BCUT2D eigenvalue weighted by Gasteiger charge is -2.22. The van der Waals surface area contributed by atoms with E-state index in [0.717, 1.165) is 37.2 Å². The van der Waals surface area contributed by atoms with Crippen LogP contribution in [-0.4, -0.2) is 21.9 Å². The number of nitrogens with zero attached hydrogens (tertiary/aromatic N) is 2. The van der Waals surface area contributed by atoms with Crippen LogP contribution in [0.2, 0.25) is 0 Å². The van der Waals surface area contributed by atoms with Gasteiger partial charge in [0.1, 0.15) is 0 Å². The van der Waals surface area contributed by atoms with E-state index in [2.05, 4.69) is 54.1 Å². The van der Waals surface area contributed by atoms with Gasteiger partial charge < -0.3 is 9.47 Å². The van der Waals surface area contributed by atoms with E-state index in [4.69, 9.17) is 0 Å². The van der Waals surface area contributed by atoms with Gasteiger partial charge in [-0.05, 0) is 35.8 Å². The van der Waals surface area contributed by atoms with Gasteiger partial charge >= 0.3 is 0 Å². The van der Waals surface area contributed by atoms with Gasteiger partial charge in [0.15, 0.2) is 0 Å². The molecule has 1 amide bonds. The number of rotatable bonds is 9. The Kier molecular flexibility index (Phi) is 7.25. The predicted octanol–water partition coefficient (Wildman–Crippen LogP) is 5.38. The van der Waals surface area contributed by atoms with E-state index in [0.29, 0.717) is 6.54 Å². The van der Waals surface area contributed by atoms with Crippen molar-refractivity contribution < 1.29 is 4.79 Å². The Bertz CT molecular complexity index is 881. The van der Waals surface area contributed by atoms with E-state index in [1.54, 1.807) is 6.08 Å². The molecule has 144 valence electrons. The van der Waals surface area contributed by atoms with E-state index in [-0.39, 0.29) is 5.91 Å². The molecule has 0 spiro atoms. The van der Waals surface area contributed by atoms with Crippen LogP contribution in [0.1, 0.15) is 36.6 Å². The maximum atomic E-state index is 12.8. The van der Waals surface area contributed by atoms with Gasteiger partial charge in [-0.1, -0.05) is 74.0 Å². The highest BCUT2D eigenvalue weighted by atomic mass is 16.2. The Labute approximate surface area is 167 Å². The van der Waals surface area contributed by atoms with Gasteiger partial charge in [-0.15, -0.1) is 0 Å². The summed E-state index contributed by atoms with van der Waals surface area (Å²) in [5, 5.41) is 0. The summed E-state index contributed by atoms with van der Waals surface area (Å²) in [5.74, 6) is 0.0600. The van der Waals surface area contributed by atoms with Gasteiger partial charge in [-0.2, -0.15) is 0 Å². The molecule has 0 N–H and O–H groups in total. The zero-order valence-electron chi connectivity index (χ0n) is 16.5. The summed E-state index contributed by atoms with van der Waals surface area (Å²) in [4.78, 5) is 14.8. The predicted molar refractivity (Wildman–Crippen MR) is 116 cm³/mol. The molecule has 0 aliphatic heterocycles. The summed E-state index contributed by atoms with van der Waals surface area (Å²) in [6, 6.07) is 24.5. The summed E-state index contributed by atoms with van der Waals surface area (Å²) in [7, 11) is 0. The van der Waals surface area contributed by atoms with E-state index < -0.39 is 0 Å². The minimum absolute atomic E-state index is 0.0600. The minimum Gasteiger partial charge on any atom is -0.345 e. The van der Waals surface area contributed by atoms with Crippen LogP contribution in [0.4, 0.5) is 0 Å². The second-order valence-corrected chi connectivity index (χ2v) is 6.97. The smallest absolute Gasteiger partial charge is 0.246 e. The molecule has 1 heterocycles. The van der Waals surface area contributed by atoms with Crippen LogP contribution in [0.3, 0.4) is 0 Å². The topological polar surface area (TPSA) is 25.2 Å². The molecule has 3 aromatic rings. The molecule has 3 nitrogen and oxygen atoms in total. The molecule has 0 radical (unpaired) electrons. The number of unbranched alkanes of at least 4 members (excludes halogenated alkanes) is 1. The highest BCUT2D eigenvalue weighted by Crippen LogP contribution is 2.12. The molecule has 0 unspecified atom stereocenters. The lowest BCUT2D eigenvalue weighted by atomic mass is 10.2. The van der Waals surface area contributed by atoms with Crippen molar-refractivity contribution in [2.24, 2.45) is 0 Å². The third-order valence-corrected chi connectivity index (χ3v) is 4.78. The maximum Gasteiger partial charge on any atom is 0.246 e. The quantitative estimate of drug-likeness (QED) is 0.463. The summed E-state index contributed by atoms with van der Waals surface area (Å²) >= 11 is 0. The normalized spacial score (nSPS) is 11.0. The van der Waals surface area contributed by atoms with Gasteiger partial charge in [0.2, 0.25) is 5.91 Å². The number of benzene rings is 2. The van der Waals surface area contributed by atoms with Gasteiger partial charge in [-0.25, -0.2) is 0 Å². The second kappa shape index (κ2) is 10.3. The molecule has 0 aliphatic carbocycles. The maximum absolute atomic E-state index is 12.8.